The van der Waals surface area contributed by atoms with Gasteiger partial charge in [0.05, 0.1) is 0 Å². The highest BCUT2D eigenvalue weighted by Crippen LogP contribution is 2.10. The summed E-state index contributed by atoms with van der Waals surface area (Å²) in [5, 5.41) is 0. The molecular weight excluding hydrogens is 222 g/mol. The Bertz CT molecular complexity index is 277. The Hall–Kier alpha value is -1.26. The van der Waals surface area contributed by atoms with Gasteiger partial charge in [-0.3, -0.25) is 0 Å². The molecule has 17 heavy (non-hydrogen) atoms. The van der Waals surface area contributed by atoms with Crippen molar-refractivity contribution in [3.05, 3.63) is 0 Å². The van der Waals surface area contributed by atoms with Crippen LogP contribution in [0.1, 0.15) is 40.0 Å². The van der Waals surface area contributed by atoms with Crippen molar-refractivity contribution in [2.45, 2.75) is 45.6 Å². The lowest BCUT2D eigenvalue weighted by Crippen LogP contribution is -2.37. The molecule has 1 aliphatic heterocycles. The Labute approximate surface area is 102 Å². The van der Waals surface area contributed by atoms with Crippen LogP contribution in [0, 0.1) is 0 Å². The van der Waals surface area contributed by atoms with Gasteiger partial charge in [0, 0.05) is 13.1 Å². The fourth-order valence-corrected chi connectivity index (χ4v) is 1.66. The Morgan fingerprint density at radius 1 is 1.12 bits per heavy atom. The predicted molar refractivity (Wildman–Crippen MR) is 62.6 cm³/mol. The number of hydrogen-bond acceptors (Lipinski definition) is 4. The van der Waals surface area contributed by atoms with E-state index in [0.717, 1.165) is 19.3 Å². The number of esters is 1. The molecule has 1 rings (SSSR count). The molecule has 0 bridgehead atoms. The lowest BCUT2D eigenvalue weighted by Gasteiger charge is -2.26. The quantitative estimate of drug-likeness (QED) is 0.696. The Morgan fingerprint density at radius 3 is 2.24 bits per heavy atom. The number of nitrogens with zero attached hydrogens (tertiary/aromatic N) is 1. The van der Waals surface area contributed by atoms with Crippen molar-refractivity contribution in [3.63, 3.8) is 0 Å². The number of amides is 1. The Balaban J connectivity index is 2.25. The number of hydrogen-bond donors (Lipinski definition) is 0. The zero-order chi connectivity index (χ0) is 12.9. The third-order valence-electron chi connectivity index (χ3n) is 2.35. The van der Waals surface area contributed by atoms with Gasteiger partial charge in [0.25, 0.3) is 0 Å². The summed E-state index contributed by atoms with van der Waals surface area (Å²) in [5.74, 6) is -0.511. The molecule has 1 amide bonds. The highest BCUT2D eigenvalue weighted by atomic mass is 16.6. The summed E-state index contributed by atoms with van der Waals surface area (Å²) in [6, 6.07) is 0. The first-order valence-electron chi connectivity index (χ1n) is 6.02. The molecule has 1 heterocycles. The molecule has 0 spiro atoms. The van der Waals surface area contributed by atoms with Gasteiger partial charge in [-0.2, -0.15) is 0 Å². The third-order valence-corrected chi connectivity index (χ3v) is 2.35. The van der Waals surface area contributed by atoms with Gasteiger partial charge in [-0.05, 0) is 40.0 Å². The third kappa shape index (κ3) is 5.56. The van der Waals surface area contributed by atoms with E-state index >= 15 is 0 Å². The second-order valence-electron chi connectivity index (χ2n) is 5.19. The minimum atomic E-state index is -0.547. The average molecular weight is 243 g/mol. The smallest absolute Gasteiger partial charge is 0.410 e. The van der Waals surface area contributed by atoms with Crippen LogP contribution < -0.4 is 0 Å². The molecule has 98 valence electrons. The molecule has 0 N–H and O–H groups in total. The normalized spacial score (nSPS) is 16.5. The molecule has 5 heteroatoms. The molecule has 0 aromatic carbocycles. The van der Waals surface area contributed by atoms with Crippen molar-refractivity contribution in [1.82, 2.24) is 4.90 Å². The van der Waals surface area contributed by atoms with E-state index in [2.05, 4.69) is 0 Å². The van der Waals surface area contributed by atoms with E-state index in [1.165, 1.54) is 0 Å². The molecule has 0 saturated carbocycles. The van der Waals surface area contributed by atoms with Gasteiger partial charge in [-0.1, -0.05) is 0 Å². The second kappa shape index (κ2) is 5.89. The van der Waals surface area contributed by atoms with E-state index in [-0.39, 0.29) is 6.61 Å². The van der Waals surface area contributed by atoms with Gasteiger partial charge in [-0.15, -0.1) is 0 Å². The maximum Gasteiger partial charge on any atom is 0.410 e. The average Bonchev–Trinajstić information content (AvgIpc) is 2.25. The standard InChI is InChI=1S/C12H21NO4/c1-12(2,3)17-10(14)9-16-11(15)13-7-5-4-6-8-13/h4-9H2,1-3H3. The van der Waals surface area contributed by atoms with Crippen molar-refractivity contribution >= 4 is 12.1 Å². The van der Waals surface area contributed by atoms with Crippen LogP contribution in [0.2, 0.25) is 0 Å². The number of carbonyl (C=O) groups excluding carboxylic acids is 2. The summed E-state index contributed by atoms with van der Waals surface area (Å²) < 4.78 is 9.94. The summed E-state index contributed by atoms with van der Waals surface area (Å²) in [6.45, 7) is 6.44. The first-order valence-corrected chi connectivity index (χ1v) is 6.02. The number of carbonyl (C=O) groups is 2. The first-order chi connectivity index (χ1) is 7.88. The van der Waals surface area contributed by atoms with Gasteiger partial charge < -0.3 is 14.4 Å². The molecule has 1 saturated heterocycles. The van der Waals surface area contributed by atoms with Crippen LogP contribution in [0.3, 0.4) is 0 Å². The van der Waals surface area contributed by atoms with E-state index in [0.29, 0.717) is 13.1 Å². The van der Waals surface area contributed by atoms with E-state index in [1.807, 2.05) is 0 Å². The molecular formula is C12H21NO4. The largest absolute Gasteiger partial charge is 0.457 e. The Morgan fingerprint density at radius 2 is 1.71 bits per heavy atom. The molecule has 1 aliphatic rings. The number of rotatable bonds is 2. The maximum absolute atomic E-state index is 11.6. The zero-order valence-corrected chi connectivity index (χ0v) is 10.8. The molecule has 1 fully saturated rings. The van der Waals surface area contributed by atoms with Crippen molar-refractivity contribution in [1.29, 1.82) is 0 Å². The van der Waals surface area contributed by atoms with Crippen LogP contribution in [-0.4, -0.2) is 42.3 Å². The summed E-state index contributed by atoms with van der Waals surface area (Å²) in [5.41, 5.74) is -0.547. The minimum absolute atomic E-state index is 0.313. The van der Waals surface area contributed by atoms with E-state index in [4.69, 9.17) is 9.47 Å². The van der Waals surface area contributed by atoms with Gasteiger partial charge in [0.2, 0.25) is 0 Å². The van der Waals surface area contributed by atoms with Crippen LogP contribution in [0.25, 0.3) is 0 Å². The van der Waals surface area contributed by atoms with Crippen LogP contribution in [0.4, 0.5) is 4.79 Å². The van der Waals surface area contributed by atoms with E-state index in [9.17, 15) is 9.59 Å². The highest BCUT2D eigenvalue weighted by Gasteiger charge is 2.21. The minimum Gasteiger partial charge on any atom is -0.457 e. The van der Waals surface area contributed by atoms with Crippen molar-refractivity contribution in [3.8, 4) is 0 Å². The fraction of sp³-hybridized carbons (Fsp3) is 0.833. The number of piperidine rings is 1. The van der Waals surface area contributed by atoms with Crippen LogP contribution >= 0.6 is 0 Å². The van der Waals surface area contributed by atoms with Gasteiger partial charge in [-0.25, -0.2) is 9.59 Å². The van der Waals surface area contributed by atoms with E-state index < -0.39 is 17.7 Å². The predicted octanol–water partition coefficient (Wildman–Crippen LogP) is 1.95. The van der Waals surface area contributed by atoms with Gasteiger partial charge >= 0.3 is 12.1 Å². The summed E-state index contributed by atoms with van der Waals surface area (Å²) in [4.78, 5) is 24.5. The first kappa shape index (κ1) is 13.8. The molecule has 0 aliphatic carbocycles. The number of likely N-dealkylation sites (tertiary alicyclic amines) is 1. The molecule has 0 aromatic rings. The molecule has 0 atom stereocenters. The van der Waals surface area contributed by atoms with Crippen molar-refractivity contribution in [2.24, 2.45) is 0 Å². The molecule has 0 aromatic heterocycles. The van der Waals surface area contributed by atoms with Gasteiger partial charge in [0.1, 0.15) is 5.60 Å². The summed E-state index contributed by atoms with van der Waals surface area (Å²) in [7, 11) is 0. The highest BCUT2D eigenvalue weighted by molar-refractivity contribution is 5.75. The molecule has 5 nitrogen and oxygen atoms in total. The Kier molecular flexibility index (Phi) is 4.78. The van der Waals surface area contributed by atoms with Crippen LogP contribution in [0.5, 0.6) is 0 Å². The van der Waals surface area contributed by atoms with Crippen molar-refractivity contribution in [2.75, 3.05) is 19.7 Å². The second-order valence-corrected chi connectivity index (χ2v) is 5.19. The topological polar surface area (TPSA) is 55.8 Å². The summed E-state index contributed by atoms with van der Waals surface area (Å²) >= 11 is 0. The fourth-order valence-electron chi connectivity index (χ4n) is 1.66. The lowest BCUT2D eigenvalue weighted by molar-refractivity contribution is -0.158. The van der Waals surface area contributed by atoms with Crippen LogP contribution in [0.15, 0.2) is 0 Å². The zero-order valence-electron chi connectivity index (χ0n) is 10.8. The molecule has 0 unspecified atom stereocenters. The van der Waals surface area contributed by atoms with Crippen LogP contribution in [-0.2, 0) is 14.3 Å². The summed E-state index contributed by atoms with van der Waals surface area (Å²) in [6.07, 6.45) is 2.73. The lowest BCUT2D eigenvalue weighted by atomic mass is 10.1. The van der Waals surface area contributed by atoms with E-state index in [1.54, 1.807) is 25.7 Å². The monoisotopic (exact) mass is 243 g/mol. The SMILES string of the molecule is CC(C)(C)OC(=O)COC(=O)N1CCCCC1. The maximum atomic E-state index is 11.6. The van der Waals surface area contributed by atoms with Crippen molar-refractivity contribution < 1.29 is 19.1 Å². The van der Waals surface area contributed by atoms with Gasteiger partial charge in [0.15, 0.2) is 6.61 Å². The molecule has 0 radical (unpaired) electrons. The number of ether oxygens (including phenoxy) is 2.